The van der Waals surface area contributed by atoms with Crippen molar-refractivity contribution < 1.29 is 9.30 Å². The van der Waals surface area contributed by atoms with Crippen LogP contribution in [-0.2, 0) is 5.41 Å². The second kappa shape index (κ2) is 11.5. The Morgan fingerprint density at radius 3 is 2.18 bits per heavy atom. The van der Waals surface area contributed by atoms with Crippen molar-refractivity contribution in [3.63, 3.8) is 0 Å². The van der Waals surface area contributed by atoms with Gasteiger partial charge in [-0.2, -0.15) is 10.5 Å². The zero-order chi connectivity index (χ0) is 33.7. The number of fused-ring (bicyclic) bond motifs is 4. The zero-order valence-corrected chi connectivity index (χ0v) is 27.2. The quantitative estimate of drug-likeness (QED) is 0.140. The number of benzene rings is 5. The molecule has 0 unspecified atom stereocenters. The van der Waals surface area contributed by atoms with Crippen LogP contribution in [0.4, 0.5) is 0 Å². The van der Waals surface area contributed by atoms with Gasteiger partial charge in [-0.1, -0.05) is 69.3 Å². The van der Waals surface area contributed by atoms with Crippen LogP contribution >= 0.6 is 0 Å². The average molecular weight is 635 g/mol. The largest absolute Gasteiger partial charge is 0.458 e. The first-order valence-electron chi connectivity index (χ1n) is 16.0. The molecule has 8 aromatic rings. The number of rotatable bonds is 5. The summed E-state index contributed by atoms with van der Waals surface area (Å²) in [5.74, 6) is 2.24. The van der Waals surface area contributed by atoms with Gasteiger partial charge in [-0.3, -0.25) is 13.7 Å². The maximum Gasteiger partial charge on any atom is 0.269 e. The summed E-state index contributed by atoms with van der Waals surface area (Å²) < 4.78 is 12.6. The van der Waals surface area contributed by atoms with Gasteiger partial charge in [-0.15, -0.1) is 0 Å². The van der Waals surface area contributed by atoms with Gasteiger partial charge in [0.2, 0.25) is 0 Å². The Balaban J connectivity index is 1.21. The number of imidazole rings is 1. The molecule has 0 N–H and O–H groups in total. The number of hydrogen-bond acceptors (Lipinski definition) is 4. The lowest BCUT2D eigenvalue weighted by Gasteiger charge is -2.20. The summed E-state index contributed by atoms with van der Waals surface area (Å²) in [7, 11) is 0. The van der Waals surface area contributed by atoms with E-state index in [0.717, 1.165) is 44.3 Å². The highest BCUT2D eigenvalue weighted by atomic mass is 16.5. The summed E-state index contributed by atoms with van der Waals surface area (Å²) in [5, 5.41) is 21.4. The Kier molecular flexibility index (Phi) is 6.98. The number of pyridine rings is 1. The molecule has 0 atom stereocenters. The molecule has 0 amide bonds. The van der Waals surface area contributed by atoms with Gasteiger partial charge >= 0.3 is 0 Å². The van der Waals surface area contributed by atoms with Gasteiger partial charge in [0.15, 0.2) is 0 Å². The lowest BCUT2D eigenvalue weighted by atomic mass is 9.88. The van der Waals surface area contributed by atoms with E-state index in [1.807, 2.05) is 69.9 Å². The van der Waals surface area contributed by atoms with E-state index in [1.54, 1.807) is 18.2 Å². The third-order valence-corrected chi connectivity index (χ3v) is 8.80. The molecule has 0 aliphatic carbocycles. The van der Waals surface area contributed by atoms with Crippen molar-refractivity contribution in [2.45, 2.75) is 26.2 Å². The van der Waals surface area contributed by atoms with Crippen molar-refractivity contribution in [3.8, 4) is 40.8 Å². The van der Waals surface area contributed by atoms with Crippen LogP contribution in [0, 0.1) is 29.0 Å². The van der Waals surface area contributed by atoms with Gasteiger partial charge < -0.3 is 4.74 Å². The lowest BCUT2D eigenvalue weighted by Crippen LogP contribution is -2.29. The van der Waals surface area contributed by atoms with Crippen LogP contribution in [0.3, 0.4) is 0 Å². The molecule has 7 heteroatoms. The van der Waals surface area contributed by atoms with Crippen LogP contribution < -0.4 is 9.30 Å². The highest BCUT2D eigenvalue weighted by molar-refractivity contribution is 6.09. The van der Waals surface area contributed by atoms with Crippen LogP contribution in [0.2, 0.25) is 0 Å². The molecule has 3 heterocycles. The van der Waals surface area contributed by atoms with Gasteiger partial charge in [0.1, 0.15) is 17.3 Å². The minimum Gasteiger partial charge on any atom is -0.458 e. The minimum absolute atomic E-state index is 0.0161. The van der Waals surface area contributed by atoms with E-state index in [1.165, 1.54) is 5.56 Å². The standard InChI is InChI=1S/C42H30N6O/c1-42(2,3)30-17-18-45-41(22-30)48-37-12-5-4-11-35(37)36-16-15-34(24-40(36)48)49-33-10-8-9-31(23-33)46-27-47(39-14-7-6-13-38(39)46)32-20-28(25-43)19-29(21-32)26-44/h4-24H,1-3H3. The molecule has 0 fully saturated rings. The summed E-state index contributed by atoms with van der Waals surface area (Å²) >= 11 is 0. The summed E-state index contributed by atoms with van der Waals surface area (Å²) in [6.07, 6.45) is 5.33. The molecule has 0 saturated heterocycles. The first-order valence-corrected chi connectivity index (χ1v) is 16.0. The second-order valence-corrected chi connectivity index (χ2v) is 13.0. The van der Waals surface area contributed by atoms with Crippen LogP contribution in [0.15, 0.2) is 128 Å². The molecule has 0 radical (unpaired) electrons. The highest BCUT2D eigenvalue weighted by Crippen LogP contribution is 2.36. The predicted molar refractivity (Wildman–Crippen MR) is 190 cm³/mol. The van der Waals surface area contributed by atoms with Gasteiger partial charge in [0.05, 0.1) is 56.7 Å². The molecule has 0 aliphatic heterocycles. The topological polar surface area (TPSA) is 83.4 Å². The Morgan fingerprint density at radius 1 is 0.694 bits per heavy atom. The van der Waals surface area contributed by atoms with E-state index in [4.69, 9.17) is 9.72 Å². The van der Waals surface area contributed by atoms with Gasteiger partial charge in [-0.25, -0.2) is 4.98 Å². The molecule has 234 valence electrons. The highest BCUT2D eigenvalue weighted by Gasteiger charge is 2.19. The molecule has 8 rings (SSSR count). The molecule has 0 bridgehead atoms. The van der Waals surface area contributed by atoms with Crippen LogP contribution in [0.5, 0.6) is 11.5 Å². The van der Waals surface area contributed by atoms with Crippen molar-refractivity contribution in [2.24, 2.45) is 0 Å². The van der Waals surface area contributed by atoms with Crippen molar-refractivity contribution in [1.29, 1.82) is 10.5 Å². The smallest absolute Gasteiger partial charge is 0.269 e. The normalized spacial score (nSPS) is 11.5. The maximum absolute atomic E-state index is 9.58. The molecular formula is C42H30N6O. The lowest BCUT2D eigenvalue weighted by molar-refractivity contribution is -0.572. The SMILES string of the molecule is CC(C)(C)c1ccnc(-n2c3ccccc3c3ccc(Oc4cccc(-n5[c-][n+](-c6cc(C#N)cc(C#N)c6)c6ccccc65)c4)cc32)c1. The van der Waals surface area contributed by atoms with Crippen molar-refractivity contribution in [3.05, 3.63) is 151 Å². The summed E-state index contributed by atoms with van der Waals surface area (Å²) in [5.41, 5.74) is 7.45. The molecule has 0 spiro atoms. The van der Waals surface area contributed by atoms with Crippen molar-refractivity contribution in [1.82, 2.24) is 14.1 Å². The third kappa shape index (κ3) is 5.24. The van der Waals surface area contributed by atoms with Crippen LogP contribution in [0.1, 0.15) is 37.5 Å². The molecule has 3 aromatic heterocycles. The molecule has 0 aliphatic rings. The van der Waals surface area contributed by atoms with E-state index in [2.05, 4.69) is 92.3 Å². The fourth-order valence-electron chi connectivity index (χ4n) is 6.40. The number of nitrogens with zero attached hydrogens (tertiary/aromatic N) is 6. The Hall–Kier alpha value is -6.70. The molecular weight excluding hydrogens is 605 g/mol. The van der Waals surface area contributed by atoms with Crippen molar-refractivity contribution in [2.75, 3.05) is 0 Å². The number of aromatic nitrogens is 4. The number of nitriles is 2. The maximum atomic E-state index is 9.58. The first kappa shape index (κ1) is 29.7. The zero-order valence-electron chi connectivity index (χ0n) is 27.2. The summed E-state index contributed by atoms with van der Waals surface area (Å²) in [6, 6.07) is 44.1. The van der Waals surface area contributed by atoms with Gasteiger partial charge in [-0.05, 0) is 77.7 Å². The van der Waals surface area contributed by atoms with Crippen molar-refractivity contribution >= 4 is 32.8 Å². The monoisotopic (exact) mass is 634 g/mol. The van der Waals surface area contributed by atoms with E-state index in [9.17, 15) is 10.5 Å². The summed E-state index contributed by atoms with van der Waals surface area (Å²) in [6.45, 7) is 6.63. The fraction of sp³-hybridized carbons (Fsp3) is 0.0952. The first-order chi connectivity index (χ1) is 23.8. The fourth-order valence-corrected chi connectivity index (χ4v) is 6.40. The summed E-state index contributed by atoms with van der Waals surface area (Å²) in [4.78, 5) is 4.80. The molecule has 0 saturated carbocycles. The second-order valence-electron chi connectivity index (χ2n) is 13.0. The van der Waals surface area contributed by atoms with Crippen LogP contribution in [-0.4, -0.2) is 14.1 Å². The number of para-hydroxylation sites is 3. The average Bonchev–Trinajstić information content (AvgIpc) is 3.67. The molecule has 7 nitrogen and oxygen atoms in total. The molecule has 5 aromatic carbocycles. The number of hydrogen-bond donors (Lipinski definition) is 0. The Labute approximate surface area is 283 Å². The van der Waals surface area contributed by atoms with E-state index in [-0.39, 0.29) is 5.41 Å². The Bertz CT molecular complexity index is 2630. The van der Waals surface area contributed by atoms with E-state index >= 15 is 0 Å². The third-order valence-electron chi connectivity index (χ3n) is 8.80. The molecule has 49 heavy (non-hydrogen) atoms. The number of ether oxygens (including phenoxy) is 1. The van der Waals surface area contributed by atoms with Crippen LogP contribution in [0.25, 0.3) is 50.0 Å². The van der Waals surface area contributed by atoms with Gasteiger partial charge in [0, 0.05) is 23.0 Å². The minimum atomic E-state index is -0.0161. The van der Waals surface area contributed by atoms with Gasteiger partial charge in [0.25, 0.3) is 6.33 Å². The van der Waals surface area contributed by atoms with E-state index in [0.29, 0.717) is 28.3 Å². The van der Waals surface area contributed by atoms with E-state index < -0.39 is 0 Å². The predicted octanol–water partition coefficient (Wildman–Crippen LogP) is 9.03. The Morgan fingerprint density at radius 2 is 1.41 bits per heavy atom.